The van der Waals surface area contributed by atoms with Crippen molar-refractivity contribution >= 4 is 0 Å². The summed E-state index contributed by atoms with van der Waals surface area (Å²) in [6, 6.07) is 10.2. The third kappa shape index (κ3) is 5.38. The molecule has 1 atom stereocenters. The van der Waals surface area contributed by atoms with Crippen LogP contribution in [-0.4, -0.2) is 10.7 Å². The molecule has 1 aromatic rings. The average Bonchev–Trinajstić information content (AvgIpc) is 2.35. The zero-order valence-corrected chi connectivity index (χ0v) is 10.8. The maximum Gasteiger partial charge on any atom is 0.123 e. The predicted molar refractivity (Wildman–Crippen MR) is 72.6 cm³/mol. The highest BCUT2D eigenvalue weighted by molar-refractivity contribution is 5.29. The van der Waals surface area contributed by atoms with E-state index < -0.39 is 5.60 Å². The Morgan fingerprint density at radius 1 is 1.35 bits per heavy atom. The highest BCUT2D eigenvalue weighted by Gasteiger charge is 2.16. The summed E-state index contributed by atoms with van der Waals surface area (Å²) in [7, 11) is 0. The molecule has 0 bridgehead atoms. The summed E-state index contributed by atoms with van der Waals surface area (Å²) >= 11 is 0. The molecule has 1 rings (SSSR count). The molecule has 90 valence electrons. The van der Waals surface area contributed by atoms with E-state index in [1.807, 2.05) is 38.1 Å². The first-order valence-corrected chi connectivity index (χ1v) is 5.96. The van der Waals surface area contributed by atoms with Gasteiger partial charge in [0.15, 0.2) is 0 Å². The van der Waals surface area contributed by atoms with Crippen LogP contribution in [0.2, 0.25) is 0 Å². The molecule has 1 aromatic carbocycles. The summed E-state index contributed by atoms with van der Waals surface area (Å²) in [5.41, 5.74) is 1.31. The average molecular weight is 228 g/mol. The van der Waals surface area contributed by atoms with Gasteiger partial charge in [-0.15, -0.1) is 0 Å². The van der Waals surface area contributed by atoms with Crippen LogP contribution in [0.1, 0.15) is 32.8 Å². The minimum absolute atomic E-state index is 0.654. The molecule has 0 aliphatic carbocycles. The van der Waals surface area contributed by atoms with Gasteiger partial charge in [-0.2, -0.15) is 0 Å². The van der Waals surface area contributed by atoms with Crippen LogP contribution < -0.4 is 0 Å². The largest absolute Gasteiger partial charge is 0.378 e. The van der Waals surface area contributed by atoms with Crippen molar-refractivity contribution in [3.05, 3.63) is 47.5 Å². The lowest BCUT2D eigenvalue weighted by Crippen LogP contribution is -2.22. The first-order chi connectivity index (χ1) is 8.03. The third-order valence-electron chi connectivity index (χ3n) is 2.71. The van der Waals surface area contributed by atoms with Crippen LogP contribution >= 0.6 is 0 Å². The maximum absolute atomic E-state index is 10.1. The molecule has 0 heterocycles. The molecule has 0 aliphatic heterocycles. The molecule has 1 N–H and O–H groups in total. The van der Waals surface area contributed by atoms with Gasteiger partial charge in [0.1, 0.15) is 5.60 Å². The Morgan fingerprint density at radius 2 is 2.00 bits per heavy atom. The predicted octanol–water partition coefficient (Wildman–Crippen LogP) is 3.34. The van der Waals surface area contributed by atoms with Crippen molar-refractivity contribution in [2.24, 2.45) is 0 Å². The van der Waals surface area contributed by atoms with E-state index in [1.54, 1.807) is 6.92 Å². The first-order valence-electron chi connectivity index (χ1n) is 5.96. The molecule has 0 radical (unpaired) electrons. The summed E-state index contributed by atoms with van der Waals surface area (Å²) in [6.45, 7) is 5.66. The summed E-state index contributed by atoms with van der Waals surface area (Å²) in [6.07, 6.45) is 3.44. The van der Waals surface area contributed by atoms with Gasteiger partial charge in [0.2, 0.25) is 0 Å². The summed E-state index contributed by atoms with van der Waals surface area (Å²) in [5.74, 6) is 5.89. The highest BCUT2D eigenvalue weighted by atomic mass is 16.3. The molecule has 17 heavy (non-hydrogen) atoms. The van der Waals surface area contributed by atoms with Crippen LogP contribution in [0.4, 0.5) is 0 Å². The minimum Gasteiger partial charge on any atom is -0.378 e. The van der Waals surface area contributed by atoms with Crippen molar-refractivity contribution in [3.8, 4) is 11.8 Å². The van der Waals surface area contributed by atoms with Gasteiger partial charge in [0, 0.05) is 0 Å². The molecule has 0 aromatic heterocycles. The lowest BCUT2D eigenvalue weighted by molar-refractivity contribution is 0.112. The number of rotatable bonds is 3. The Morgan fingerprint density at radius 3 is 2.59 bits per heavy atom. The molecule has 0 saturated carbocycles. The molecule has 1 unspecified atom stereocenters. The SMILES string of the molecule is C/C=C(\C)C#CC(C)(O)CCc1ccccc1. The molecule has 0 fully saturated rings. The molecular weight excluding hydrogens is 208 g/mol. The van der Waals surface area contributed by atoms with E-state index in [-0.39, 0.29) is 0 Å². The smallest absolute Gasteiger partial charge is 0.123 e. The quantitative estimate of drug-likeness (QED) is 0.787. The lowest BCUT2D eigenvalue weighted by Gasteiger charge is -2.16. The van der Waals surface area contributed by atoms with Gasteiger partial charge in [0.25, 0.3) is 0 Å². The summed E-state index contributed by atoms with van der Waals surface area (Å²) < 4.78 is 0. The zero-order chi connectivity index (χ0) is 12.7. The number of hydrogen-bond acceptors (Lipinski definition) is 1. The van der Waals surface area contributed by atoms with Crippen molar-refractivity contribution in [2.45, 2.75) is 39.2 Å². The van der Waals surface area contributed by atoms with Gasteiger partial charge in [-0.05, 0) is 44.7 Å². The molecule has 0 spiro atoms. The fraction of sp³-hybridized carbons (Fsp3) is 0.375. The molecular formula is C16H20O. The second kappa shape index (κ2) is 6.27. The summed E-state index contributed by atoms with van der Waals surface area (Å²) in [5, 5.41) is 10.1. The van der Waals surface area contributed by atoms with Crippen molar-refractivity contribution in [1.82, 2.24) is 0 Å². The summed E-state index contributed by atoms with van der Waals surface area (Å²) in [4.78, 5) is 0. The number of aliphatic hydroxyl groups is 1. The number of benzene rings is 1. The van der Waals surface area contributed by atoms with Crippen LogP contribution in [0.3, 0.4) is 0 Å². The van der Waals surface area contributed by atoms with Gasteiger partial charge in [-0.1, -0.05) is 48.2 Å². The normalized spacial score (nSPS) is 14.7. The number of allylic oxidation sites excluding steroid dienone is 2. The molecule has 0 amide bonds. The van der Waals surface area contributed by atoms with Gasteiger partial charge < -0.3 is 5.11 Å². The Labute approximate surface area is 104 Å². The Bertz CT molecular complexity index is 430. The van der Waals surface area contributed by atoms with Crippen LogP contribution in [0.25, 0.3) is 0 Å². The van der Waals surface area contributed by atoms with Crippen molar-refractivity contribution in [1.29, 1.82) is 0 Å². The number of aryl methyl sites for hydroxylation is 1. The fourth-order valence-corrected chi connectivity index (χ4v) is 1.40. The Balaban J connectivity index is 2.58. The molecule has 0 aliphatic rings. The fourth-order valence-electron chi connectivity index (χ4n) is 1.40. The van der Waals surface area contributed by atoms with E-state index >= 15 is 0 Å². The number of hydrogen-bond donors (Lipinski definition) is 1. The van der Waals surface area contributed by atoms with Crippen LogP contribution in [0, 0.1) is 11.8 Å². The van der Waals surface area contributed by atoms with E-state index in [4.69, 9.17) is 0 Å². The van der Waals surface area contributed by atoms with Gasteiger partial charge in [0.05, 0.1) is 0 Å². The standard InChI is InChI=1S/C16H20O/c1-4-14(2)10-12-16(3,17)13-11-15-8-6-5-7-9-15/h4-9,17H,11,13H2,1-3H3/b14-4+. The first kappa shape index (κ1) is 13.5. The third-order valence-corrected chi connectivity index (χ3v) is 2.71. The van der Waals surface area contributed by atoms with E-state index in [1.165, 1.54) is 5.56 Å². The van der Waals surface area contributed by atoms with Crippen molar-refractivity contribution < 1.29 is 5.11 Å². The van der Waals surface area contributed by atoms with E-state index in [9.17, 15) is 5.11 Å². The Kier molecular flexibility index (Phi) is 5.00. The second-order valence-electron chi connectivity index (χ2n) is 4.48. The second-order valence-corrected chi connectivity index (χ2v) is 4.48. The lowest BCUT2D eigenvalue weighted by atomic mass is 9.97. The van der Waals surface area contributed by atoms with Crippen LogP contribution in [-0.2, 0) is 6.42 Å². The van der Waals surface area contributed by atoms with Crippen molar-refractivity contribution in [2.75, 3.05) is 0 Å². The topological polar surface area (TPSA) is 20.2 Å². The minimum atomic E-state index is -0.917. The monoisotopic (exact) mass is 228 g/mol. The molecule has 1 nitrogen and oxygen atoms in total. The highest BCUT2D eigenvalue weighted by Crippen LogP contribution is 2.13. The van der Waals surface area contributed by atoms with Crippen LogP contribution in [0.15, 0.2) is 42.0 Å². The van der Waals surface area contributed by atoms with Gasteiger partial charge in [-0.25, -0.2) is 0 Å². The van der Waals surface area contributed by atoms with E-state index in [2.05, 4.69) is 24.0 Å². The van der Waals surface area contributed by atoms with Crippen LogP contribution in [0.5, 0.6) is 0 Å². The van der Waals surface area contributed by atoms with Crippen molar-refractivity contribution in [3.63, 3.8) is 0 Å². The zero-order valence-electron chi connectivity index (χ0n) is 10.8. The van der Waals surface area contributed by atoms with Gasteiger partial charge >= 0.3 is 0 Å². The molecule has 0 saturated heterocycles. The van der Waals surface area contributed by atoms with E-state index in [0.29, 0.717) is 6.42 Å². The van der Waals surface area contributed by atoms with E-state index in [0.717, 1.165) is 12.0 Å². The Hall–Kier alpha value is -1.52. The maximum atomic E-state index is 10.1. The van der Waals surface area contributed by atoms with Gasteiger partial charge in [-0.3, -0.25) is 0 Å². The molecule has 1 heteroatoms.